The summed E-state index contributed by atoms with van der Waals surface area (Å²) >= 11 is 0. The van der Waals surface area contributed by atoms with Crippen LogP contribution in [0.2, 0.25) is 0 Å². The highest BCUT2D eigenvalue weighted by Crippen LogP contribution is 2.17. The van der Waals surface area contributed by atoms with Crippen molar-refractivity contribution >= 4 is 5.91 Å². The molecular formula is C12H19N3O2. The highest BCUT2D eigenvalue weighted by atomic mass is 16.5. The van der Waals surface area contributed by atoms with Crippen molar-refractivity contribution in [3.63, 3.8) is 0 Å². The van der Waals surface area contributed by atoms with E-state index < -0.39 is 0 Å². The van der Waals surface area contributed by atoms with Crippen molar-refractivity contribution in [3.8, 4) is 0 Å². The van der Waals surface area contributed by atoms with Gasteiger partial charge in [-0.25, -0.2) is 0 Å². The second kappa shape index (κ2) is 5.82. The molecule has 0 aliphatic carbocycles. The molecule has 0 saturated carbocycles. The Bertz CT molecular complexity index is 343. The number of nitrogens with one attached hydrogen (secondary N) is 1. The first-order valence-electron chi connectivity index (χ1n) is 6.21. The molecule has 0 unspecified atom stereocenters. The summed E-state index contributed by atoms with van der Waals surface area (Å²) in [6.07, 6.45) is 3.57. The predicted octanol–water partition coefficient (Wildman–Crippen LogP) is 1.14. The van der Waals surface area contributed by atoms with Gasteiger partial charge < -0.3 is 14.7 Å². The lowest BCUT2D eigenvalue weighted by atomic mass is 9.96. The lowest BCUT2D eigenvalue weighted by Gasteiger charge is -2.31. The first kappa shape index (κ1) is 12.1. The summed E-state index contributed by atoms with van der Waals surface area (Å²) in [5, 5.41) is 7.04. The Morgan fingerprint density at radius 1 is 1.59 bits per heavy atom. The first-order valence-corrected chi connectivity index (χ1v) is 6.21. The van der Waals surface area contributed by atoms with Gasteiger partial charge in [0.05, 0.1) is 0 Å². The molecule has 0 atom stereocenters. The van der Waals surface area contributed by atoms with Crippen LogP contribution in [0.25, 0.3) is 0 Å². The van der Waals surface area contributed by atoms with Crippen molar-refractivity contribution in [2.75, 3.05) is 26.2 Å². The quantitative estimate of drug-likeness (QED) is 0.853. The molecule has 0 radical (unpaired) electrons. The average Bonchev–Trinajstić information content (AvgIpc) is 2.90. The van der Waals surface area contributed by atoms with Gasteiger partial charge in [0.1, 0.15) is 6.26 Å². The molecule has 17 heavy (non-hydrogen) atoms. The molecule has 1 aromatic heterocycles. The Morgan fingerprint density at radius 2 is 2.35 bits per heavy atom. The molecule has 5 heteroatoms. The molecular weight excluding hydrogens is 218 g/mol. The van der Waals surface area contributed by atoms with E-state index >= 15 is 0 Å². The van der Waals surface area contributed by atoms with Gasteiger partial charge in [0.15, 0.2) is 5.69 Å². The van der Waals surface area contributed by atoms with Crippen LogP contribution in [-0.4, -0.2) is 42.1 Å². The van der Waals surface area contributed by atoms with Crippen LogP contribution in [0.15, 0.2) is 16.9 Å². The number of hydrogen-bond acceptors (Lipinski definition) is 4. The molecule has 1 amide bonds. The van der Waals surface area contributed by atoms with Crippen LogP contribution in [0.4, 0.5) is 0 Å². The monoisotopic (exact) mass is 237 g/mol. The number of amides is 1. The molecule has 94 valence electrons. The highest BCUT2D eigenvalue weighted by Gasteiger charge is 2.24. The fraction of sp³-hybridized carbons (Fsp3) is 0.667. The zero-order chi connectivity index (χ0) is 12.1. The summed E-state index contributed by atoms with van der Waals surface area (Å²) in [6, 6.07) is 1.62. The molecule has 1 saturated heterocycles. The Kier molecular flexibility index (Phi) is 4.14. The van der Waals surface area contributed by atoms with Crippen molar-refractivity contribution in [2.24, 2.45) is 5.92 Å². The van der Waals surface area contributed by atoms with Crippen LogP contribution >= 0.6 is 0 Å². The summed E-state index contributed by atoms with van der Waals surface area (Å²) < 4.78 is 4.69. The van der Waals surface area contributed by atoms with E-state index in [1.807, 2.05) is 4.90 Å². The van der Waals surface area contributed by atoms with Crippen LogP contribution in [0, 0.1) is 5.92 Å². The number of nitrogens with zero attached hydrogens (tertiary/aromatic N) is 2. The van der Waals surface area contributed by atoms with Crippen LogP contribution in [0.5, 0.6) is 0 Å². The molecule has 0 spiro atoms. The number of rotatable bonds is 4. The summed E-state index contributed by atoms with van der Waals surface area (Å²) in [5.41, 5.74) is 0.412. The van der Waals surface area contributed by atoms with E-state index in [2.05, 4.69) is 17.4 Å². The van der Waals surface area contributed by atoms with Crippen molar-refractivity contribution in [2.45, 2.75) is 19.8 Å². The predicted molar refractivity (Wildman–Crippen MR) is 63.7 cm³/mol. The number of carbonyl (C=O) groups is 1. The van der Waals surface area contributed by atoms with Gasteiger partial charge in [-0.2, -0.15) is 0 Å². The lowest BCUT2D eigenvalue weighted by molar-refractivity contribution is 0.0680. The van der Waals surface area contributed by atoms with Gasteiger partial charge >= 0.3 is 0 Å². The van der Waals surface area contributed by atoms with E-state index in [9.17, 15) is 4.79 Å². The summed E-state index contributed by atoms with van der Waals surface area (Å²) in [5.74, 6) is 0.678. The normalized spacial score (nSPS) is 17.4. The third-order valence-electron chi connectivity index (χ3n) is 3.24. The lowest BCUT2D eigenvalue weighted by Crippen LogP contribution is -2.40. The van der Waals surface area contributed by atoms with Gasteiger partial charge in [-0.3, -0.25) is 4.79 Å². The second-order valence-corrected chi connectivity index (χ2v) is 4.43. The summed E-state index contributed by atoms with van der Waals surface area (Å²) in [4.78, 5) is 13.8. The van der Waals surface area contributed by atoms with Crippen molar-refractivity contribution in [1.29, 1.82) is 0 Å². The molecule has 1 fully saturated rings. The first-order chi connectivity index (χ1) is 8.31. The minimum atomic E-state index is -0.0133. The van der Waals surface area contributed by atoms with Gasteiger partial charge in [-0.05, 0) is 31.8 Å². The number of aromatic nitrogens is 1. The van der Waals surface area contributed by atoms with Gasteiger partial charge in [-0.15, -0.1) is 0 Å². The van der Waals surface area contributed by atoms with E-state index in [-0.39, 0.29) is 5.91 Å². The summed E-state index contributed by atoms with van der Waals surface area (Å²) in [7, 11) is 0. The average molecular weight is 237 g/mol. The van der Waals surface area contributed by atoms with E-state index in [1.165, 1.54) is 6.26 Å². The van der Waals surface area contributed by atoms with Crippen LogP contribution in [-0.2, 0) is 0 Å². The van der Waals surface area contributed by atoms with Gasteiger partial charge in [0.2, 0.25) is 0 Å². The zero-order valence-electron chi connectivity index (χ0n) is 10.2. The Morgan fingerprint density at radius 3 is 2.94 bits per heavy atom. The SMILES string of the molecule is CCNCC1CCN(C(=O)c2ccon2)CC1. The molecule has 2 heterocycles. The van der Waals surface area contributed by atoms with E-state index in [1.54, 1.807) is 6.07 Å². The Hall–Kier alpha value is -1.36. The second-order valence-electron chi connectivity index (χ2n) is 4.43. The zero-order valence-corrected chi connectivity index (χ0v) is 10.2. The Labute approximate surface area is 101 Å². The molecule has 1 N–H and O–H groups in total. The highest BCUT2D eigenvalue weighted by molar-refractivity contribution is 5.92. The van der Waals surface area contributed by atoms with Crippen molar-refractivity contribution in [3.05, 3.63) is 18.0 Å². The van der Waals surface area contributed by atoms with E-state index in [4.69, 9.17) is 4.52 Å². The topological polar surface area (TPSA) is 58.4 Å². The summed E-state index contributed by atoms with van der Waals surface area (Å²) in [6.45, 7) is 5.83. The molecule has 5 nitrogen and oxygen atoms in total. The molecule has 1 aromatic rings. The van der Waals surface area contributed by atoms with Gasteiger partial charge in [-0.1, -0.05) is 12.1 Å². The van der Waals surface area contributed by atoms with Crippen LogP contribution in [0.1, 0.15) is 30.3 Å². The minimum absolute atomic E-state index is 0.0133. The Balaban J connectivity index is 1.81. The van der Waals surface area contributed by atoms with Crippen molar-refractivity contribution in [1.82, 2.24) is 15.4 Å². The number of likely N-dealkylation sites (tertiary alicyclic amines) is 1. The number of carbonyl (C=O) groups excluding carboxylic acids is 1. The molecule has 0 bridgehead atoms. The van der Waals surface area contributed by atoms with Crippen LogP contribution < -0.4 is 5.32 Å². The third-order valence-corrected chi connectivity index (χ3v) is 3.24. The molecule has 0 aromatic carbocycles. The fourth-order valence-corrected chi connectivity index (χ4v) is 2.17. The van der Waals surface area contributed by atoms with Crippen molar-refractivity contribution < 1.29 is 9.32 Å². The maximum absolute atomic E-state index is 12.0. The maximum Gasteiger partial charge on any atom is 0.276 e. The minimum Gasteiger partial charge on any atom is -0.364 e. The van der Waals surface area contributed by atoms with Gasteiger partial charge in [0, 0.05) is 19.2 Å². The van der Waals surface area contributed by atoms with Crippen LogP contribution in [0.3, 0.4) is 0 Å². The largest absolute Gasteiger partial charge is 0.364 e. The third kappa shape index (κ3) is 3.06. The van der Waals surface area contributed by atoms with E-state index in [0.29, 0.717) is 11.6 Å². The molecule has 2 rings (SSSR count). The number of hydrogen-bond donors (Lipinski definition) is 1. The maximum atomic E-state index is 12.0. The standard InChI is InChI=1S/C12H19N3O2/c1-2-13-9-10-3-6-15(7-4-10)12(16)11-5-8-17-14-11/h5,8,10,13H,2-4,6-7,9H2,1H3. The van der Waals surface area contributed by atoms with E-state index in [0.717, 1.165) is 39.0 Å². The molecule has 1 aliphatic rings. The fourth-order valence-electron chi connectivity index (χ4n) is 2.17. The number of piperidine rings is 1. The smallest absolute Gasteiger partial charge is 0.276 e. The van der Waals surface area contributed by atoms with Gasteiger partial charge in [0.25, 0.3) is 5.91 Å². The molecule has 1 aliphatic heterocycles.